The fourth-order valence-corrected chi connectivity index (χ4v) is 2.54. The number of benzene rings is 1. The van der Waals surface area contributed by atoms with Crippen molar-refractivity contribution in [1.82, 2.24) is 0 Å². The van der Waals surface area contributed by atoms with Crippen molar-refractivity contribution in [2.45, 2.75) is 25.7 Å². The molecule has 1 aromatic rings. The molecule has 1 aliphatic heterocycles. The number of nitro benzene ring substituents is 1. The molecule has 1 atom stereocenters. The van der Waals surface area contributed by atoms with E-state index < -0.39 is 10.7 Å². The van der Waals surface area contributed by atoms with E-state index >= 15 is 0 Å². The zero-order chi connectivity index (χ0) is 14.0. The molecule has 104 valence electrons. The average molecular weight is 378 g/mol. The highest BCUT2D eigenvalue weighted by atomic mass is 127. The summed E-state index contributed by atoms with van der Waals surface area (Å²) in [6, 6.07) is 4.74. The summed E-state index contributed by atoms with van der Waals surface area (Å²) in [5, 5.41) is 13.9. The van der Waals surface area contributed by atoms with Gasteiger partial charge in [0.1, 0.15) is 6.10 Å². The van der Waals surface area contributed by atoms with Gasteiger partial charge in [0.05, 0.1) is 11.5 Å². The third kappa shape index (κ3) is 3.77. The van der Waals surface area contributed by atoms with Crippen LogP contribution in [0.15, 0.2) is 18.2 Å². The standard InChI is InChI=1S/C12H15IN2O4/c1-12(2)18-7-9(19-12)6-14-11-4-3-8(15(16)17)5-10(11)13/h3-5,9,14H,6-7H2,1-2H3. The first kappa shape index (κ1) is 14.5. The Morgan fingerprint density at radius 2 is 2.32 bits per heavy atom. The minimum absolute atomic E-state index is 0.0130. The molecule has 2 rings (SSSR count). The number of anilines is 1. The van der Waals surface area contributed by atoms with Crippen molar-refractivity contribution in [3.8, 4) is 0 Å². The first-order valence-corrected chi connectivity index (χ1v) is 6.95. The van der Waals surface area contributed by atoms with Gasteiger partial charge >= 0.3 is 0 Å². The van der Waals surface area contributed by atoms with Crippen molar-refractivity contribution >= 4 is 34.0 Å². The largest absolute Gasteiger partial charge is 0.381 e. The number of nitrogens with one attached hydrogen (secondary N) is 1. The summed E-state index contributed by atoms with van der Waals surface area (Å²) in [7, 11) is 0. The quantitative estimate of drug-likeness (QED) is 0.496. The number of nitro groups is 1. The Bertz CT molecular complexity index is 493. The Labute approximate surface area is 124 Å². The predicted octanol–water partition coefficient (Wildman–Crippen LogP) is 2.76. The van der Waals surface area contributed by atoms with Gasteiger partial charge in [0.15, 0.2) is 5.79 Å². The van der Waals surface area contributed by atoms with E-state index in [1.807, 2.05) is 13.8 Å². The lowest BCUT2D eigenvalue weighted by Crippen LogP contribution is -2.26. The molecule has 1 unspecified atom stereocenters. The van der Waals surface area contributed by atoms with Crippen LogP contribution in [0.5, 0.6) is 0 Å². The van der Waals surface area contributed by atoms with Crippen molar-refractivity contribution in [2.75, 3.05) is 18.5 Å². The van der Waals surface area contributed by atoms with Gasteiger partial charge in [0.25, 0.3) is 5.69 Å². The van der Waals surface area contributed by atoms with E-state index in [9.17, 15) is 10.1 Å². The lowest BCUT2D eigenvalue weighted by Gasteiger charge is -2.17. The Hall–Kier alpha value is -0.930. The normalized spacial score (nSPS) is 21.3. The molecule has 6 nitrogen and oxygen atoms in total. The number of ether oxygens (including phenoxy) is 2. The number of hydrogen-bond acceptors (Lipinski definition) is 5. The van der Waals surface area contributed by atoms with Crippen molar-refractivity contribution in [3.63, 3.8) is 0 Å². The van der Waals surface area contributed by atoms with E-state index in [1.165, 1.54) is 6.07 Å². The highest BCUT2D eigenvalue weighted by Crippen LogP contribution is 2.25. The van der Waals surface area contributed by atoms with Gasteiger partial charge in [-0.1, -0.05) is 0 Å². The molecule has 0 amide bonds. The van der Waals surface area contributed by atoms with Crippen LogP contribution >= 0.6 is 22.6 Å². The maximum atomic E-state index is 10.6. The van der Waals surface area contributed by atoms with Crippen LogP contribution in [-0.2, 0) is 9.47 Å². The Balaban J connectivity index is 1.95. The number of hydrogen-bond donors (Lipinski definition) is 1. The van der Waals surface area contributed by atoms with Crippen molar-refractivity contribution in [1.29, 1.82) is 0 Å². The Kier molecular flexibility index (Phi) is 4.26. The topological polar surface area (TPSA) is 73.6 Å². The zero-order valence-corrected chi connectivity index (χ0v) is 12.8. The van der Waals surface area contributed by atoms with Crippen LogP contribution in [0.25, 0.3) is 0 Å². The summed E-state index contributed by atoms with van der Waals surface area (Å²) in [6.45, 7) is 4.91. The van der Waals surface area contributed by atoms with Gasteiger partial charge in [0, 0.05) is 27.9 Å². The van der Waals surface area contributed by atoms with E-state index in [4.69, 9.17) is 9.47 Å². The molecule has 1 N–H and O–H groups in total. The molecule has 0 aliphatic carbocycles. The van der Waals surface area contributed by atoms with E-state index in [1.54, 1.807) is 12.1 Å². The van der Waals surface area contributed by atoms with E-state index in [2.05, 4.69) is 27.9 Å². The fraction of sp³-hybridized carbons (Fsp3) is 0.500. The molecule has 1 aliphatic rings. The Morgan fingerprint density at radius 1 is 1.58 bits per heavy atom. The summed E-state index contributed by atoms with van der Waals surface area (Å²) in [5.41, 5.74) is 0.955. The first-order valence-electron chi connectivity index (χ1n) is 5.87. The monoisotopic (exact) mass is 378 g/mol. The molecule has 0 spiro atoms. The van der Waals surface area contributed by atoms with Crippen LogP contribution in [-0.4, -0.2) is 30.0 Å². The molecule has 1 fully saturated rings. The summed E-state index contributed by atoms with van der Waals surface area (Å²) < 4.78 is 12.0. The second-order valence-electron chi connectivity index (χ2n) is 4.75. The SMILES string of the molecule is CC1(C)OCC(CNc2ccc([N+](=O)[O-])cc2I)O1. The number of halogens is 1. The van der Waals surface area contributed by atoms with Crippen molar-refractivity contribution in [3.05, 3.63) is 31.9 Å². The highest BCUT2D eigenvalue weighted by molar-refractivity contribution is 14.1. The lowest BCUT2D eigenvalue weighted by molar-refractivity contribution is -0.384. The van der Waals surface area contributed by atoms with E-state index in [0.29, 0.717) is 13.2 Å². The maximum absolute atomic E-state index is 10.6. The minimum atomic E-state index is -0.533. The van der Waals surface area contributed by atoms with Crippen LogP contribution in [0.3, 0.4) is 0 Å². The molecule has 19 heavy (non-hydrogen) atoms. The van der Waals surface area contributed by atoms with E-state index in [-0.39, 0.29) is 11.8 Å². The summed E-state index contributed by atoms with van der Waals surface area (Å²) in [5.74, 6) is -0.533. The number of non-ortho nitro benzene ring substituents is 1. The second kappa shape index (κ2) is 5.59. The average Bonchev–Trinajstić information content (AvgIpc) is 2.67. The summed E-state index contributed by atoms with van der Waals surface area (Å²) in [6.07, 6.45) is -0.0130. The molecule has 1 saturated heterocycles. The van der Waals surface area contributed by atoms with Gasteiger partial charge in [-0.3, -0.25) is 10.1 Å². The van der Waals surface area contributed by atoms with Crippen LogP contribution in [0, 0.1) is 13.7 Å². The molecule has 1 heterocycles. The second-order valence-corrected chi connectivity index (χ2v) is 5.92. The Morgan fingerprint density at radius 3 is 2.84 bits per heavy atom. The molecular formula is C12H15IN2O4. The summed E-state index contributed by atoms with van der Waals surface area (Å²) >= 11 is 2.07. The van der Waals surface area contributed by atoms with Crippen molar-refractivity contribution < 1.29 is 14.4 Å². The van der Waals surface area contributed by atoms with Crippen molar-refractivity contribution in [2.24, 2.45) is 0 Å². The minimum Gasteiger partial charge on any atom is -0.381 e. The predicted molar refractivity (Wildman–Crippen MR) is 79.2 cm³/mol. The molecular weight excluding hydrogens is 363 g/mol. The highest BCUT2D eigenvalue weighted by Gasteiger charge is 2.32. The molecule has 0 bridgehead atoms. The number of nitrogens with zero attached hydrogens (tertiary/aromatic N) is 1. The fourth-order valence-electron chi connectivity index (χ4n) is 1.85. The van der Waals surface area contributed by atoms with Gasteiger partial charge in [0.2, 0.25) is 0 Å². The van der Waals surface area contributed by atoms with Gasteiger partial charge in [-0.25, -0.2) is 0 Å². The molecule has 0 saturated carbocycles. The molecule has 0 radical (unpaired) electrons. The third-order valence-electron chi connectivity index (χ3n) is 2.75. The van der Waals surface area contributed by atoms with Crippen LogP contribution in [0.2, 0.25) is 0 Å². The van der Waals surface area contributed by atoms with Gasteiger partial charge in [-0.15, -0.1) is 0 Å². The van der Waals surface area contributed by atoms with Crippen LogP contribution < -0.4 is 5.32 Å². The smallest absolute Gasteiger partial charge is 0.270 e. The molecule has 0 aromatic heterocycles. The number of rotatable bonds is 4. The van der Waals surface area contributed by atoms with Gasteiger partial charge in [-0.2, -0.15) is 0 Å². The maximum Gasteiger partial charge on any atom is 0.270 e. The third-order valence-corrected chi connectivity index (χ3v) is 3.64. The summed E-state index contributed by atoms with van der Waals surface area (Å²) in [4.78, 5) is 10.2. The van der Waals surface area contributed by atoms with E-state index in [0.717, 1.165) is 9.26 Å². The van der Waals surface area contributed by atoms with Gasteiger partial charge < -0.3 is 14.8 Å². The molecule has 7 heteroatoms. The van der Waals surface area contributed by atoms with Crippen LogP contribution in [0.1, 0.15) is 13.8 Å². The zero-order valence-electron chi connectivity index (χ0n) is 10.7. The first-order chi connectivity index (χ1) is 8.87. The van der Waals surface area contributed by atoms with Gasteiger partial charge in [-0.05, 0) is 42.5 Å². The molecule has 1 aromatic carbocycles. The van der Waals surface area contributed by atoms with Crippen LogP contribution in [0.4, 0.5) is 11.4 Å². The lowest BCUT2D eigenvalue weighted by atomic mass is 10.2.